The number of hydrogen-bond donors (Lipinski definition) is 1. The third-order valence-corrected chi connectivity index (χ3v) is 4.14. The average molecular weight is 428 g/mol. The number of nitro benzene ring substituents is 2. The van der Waals surface area contributed by atoms with E-state index in [1.165, 1.54) is 37.4 Å². The van der Waals surface area contributed by atoms with Crippen molar-refractivity contribution in [2.75, 3.05) is 7.11 Å². The monoisotopic (exact) mass is 428 g/mol. The number of non-ortho nitro benzene ring substituents is 2. The summed E-state index contributed by atoms with van der Waals surface area (Å²) in [5, 5.41) is 32.6. The van der Waals surface area contributed by atoms with Gasteiger partial charge in [-0.25, -0.2) is 4.39 Å². The number of benzene rings is 3. The maximum absolute atomic E-state index is 13.0. The molecule has 0 aliphatic carbocycles. The Morgan fingerprint density at radius 1 is 0.935 bits per heavy atom. The summed E-state index contributed by atoms with van der Waals surface area (Å²) in [6.07, 6.45) is 0. The fourth-order valence-corrected chi connectivity index (χ4v) is 2.74. The number of ether oxygens (including phenoxy) is 2. The number of nitro groups is 2. The Morgan fingerprint density at radius 3 is 2.03 bits per heavy atom. The third-order valence-electron chi connectivity index (χ3n) is 4.14. The number of aromatic hydroxyl groups is 1. The van der Waals surface area contributed by atoms with Crippen LogP contribution in [0, 0.1) is 26.0 Å². The maximum Gasteiger partial charge on any atom is 0.277 e. The van der Waals surface area contributed by atoms with Crippen LogP contribution < -0.4 is 9.47 Å². The van der Waals surface area contributed by atoms with E-state index in [2.05, 4.69) is 0 Å². The van der Waals surface area contributed by atoms with Crippen LogP contribution in [0.5, 0.6) is 23.0 Å². The molecule has 0 bridgehead atoms. The van der Waals surface area contributed by atoms with Gasteiger partial charge in [0.2, 0.25) is 5.78 Å². The lowest BCUT2D eigenvalue weighted by Gasteiger charge is -2.13. The lowest BCUT2D eigenvalue weighted by Crippen LogP contribution is -2.06. The van der Waals surface area contributed by atoms with Gasteiger partial charge in [-0.05, 0) is 24.3 Å². The van der Waals surface area contributed by atoms with E-state index in [1.54, 1.807) is 0 Å². The summed E-state index contributed by atoms with van der Waals surface area (Å²) in [5.41, 5.74) is -2.08. The van der Waals surface area contributed by atoms with Gasteiger partial charge >= 0.3 is 0 Å². The molecule has 0 radical (unpaired) electrons. The molecule has 0 saturated carbocycles. The molecule has 3 aromatic carbocycles. The Bertz CT molecular complexity index is 1160. The van der Waals surface area contributed by atoms with Crippen LogP contribution in [0.15, 0.2) is 54.6 Å². The number of nitrogens with zero attached hydrogens (tertiary/aromatic N) is 2. The van der Waals surface area contributed by atoms with Crippen molar-refractivity contribution in [3.05, 3.63) is 91.8 Å². The molecular weight excluding hydrogens is 415 g/mol. The number of ketones is 1. The highest BCUT2D eigenvalue weighted by molar-refractivity contribution is 6.13. The van der Waals surface area contributed by atoms with Crippen molar-refractivity contribution in [3.8, 4) is 23.0 Å². The number of hydrogen-bond acceptors (Lipinski definition) is 8. The van der Waals surface area contributed by atoms with Crippen LogP contribution in [0.4, 0.5) is 15.8 Å². The summed E-state index contributed by atoms with van der Waals surface area (Å²) in [6, 6.07) is 9.81. The van der Waals surface area contributed by atoms with Crippen LogP contribution in [0.25, 0.3) is 0 Å². The van der Waals surface area contributed by atoms with Crippen LogP contribution in [-0.4, -0.2) is 27.8 Å². The van der Waals surface area contributed by atoms with Crippen LogP contribution in [-0.2, 0) is 0 Å². The largest absolute Gasteiger partial charge is 0.507 e. The van der Waals surface area contributed by atoms with Crippen molar-refractivity contribution < 1.29 is 33.6 Å². The number of rotatable bonds is 7. The van der Waals surface area contributed by atoms with Crippen LogP contribution in [0.1, 0.15) is 15.9 Å². The van der Waals surface area contributed by atoms with Crippen molar-refractivity contribution >= 4 is 17.2 Å². The second kappa shape index (κ2) is 8.45. The van der Waals surface area contributed by atoms with Gasteiger partial charge in [0, 0.05) is 29.8 Å². The number of phenols is 1. The normalized spacial score (nSPS) is 10.4. The van der Waals surface area contributed by atoms with E-state index in [9.17, 15) is 34.5 Å². The molecule has 3 rings (SSSR count). The molecule has 0 heterocycles. The van der Waals surface area contributed by atoms with Gasteiger partial charge in [-0.1, -0.05) is 0 Å². The molecule has 158 valence electrons. The minimum Gasteiger partial charge on any atom is -0.507 e. The molecule has 0 aromatic heterocycles. The summed E-state index contributed by atoms with van der Waals surface area (Å²) in [4.78, 5) is 33.3. The first-order valence-electron chi connectivity index (χ1n) is 8.52. The quantitative estimate of drug-likeness (QED) is 0.332. The molecule has 0 atom stereocenters. The molecule has 31 heavy (non-hydrogen) atoms. The van der Waals surface area contributed by atoms with Gasteiger partial charge in [-0.2, -0.15) is 0 Å². The zero-order chi connectivity index (χ0) is 22.7. The van der Waals surface area contributed by atoms with E-state index in [-0.39, 0.29) is 28.4 Å². The number of carbonyl (C=O) groups excluding carboxylic acids is 1. The van der Waals surface area contributed by atoms with Crippen molar-refractivity contribution in [2.45, 2.75) is 0 Å². The molecule has 0 aliphatic rings. The van der Waals surface area contributed by atoms with E-state index in [1.807, 2.05) is 0 Å². The first kappa shape index (κ1) is 21.2. The first-order valence-corrected chi connectivity index (χ1v) is 8.52. The molecule has 0 saturated heterocycles. The predicted octanol–water partition coefficient (Wildman–Crippen LogP) is 4.38. The van der Waals surface area contributed by atoms with Crippen molar-refractivity contribution in [3.63, 3.8) is 0 Å². The average Bonchev–Trinajstić information content (AvgIpc) is 2.74. The Labute approximate surface area is 173 Å². The Balaban J connectivity index is 2.04. The lowest BCUT2D eigenvalue weighted by atomic mass is 10.00. The first-order chi connectivity index (χ1) is 14.7. The number of carbonyl (C=O) groups is 1. The second-order valence-electron chi connectivity index (χ2n) is 6.16. The number of methoxy groups -OCH3 is 1. The third kappa shape index (κ3) is 4.56. The Kier molecular flexibility index (Phi) is 5.77. The molecule has 1 N–H and O–H groups in total. The van der Waals surface area contributed by atoms with E-state index in [0.717, 1.165) is 18.2 Å². The fraction of sp³-hybridized carbons (Fsp3) is 0.0500. The van der Waals surface area contributed by atoms with E-state index in [0.29, 0.717) is 6.07 Å². The van der Waals surface area contributed by atoms with Crippen molar-refractivity contribution in [2.24, 2.45) is 0 Å². The van der Waals surface area contributed by atoms with E-state index >= 15 is 0 Å². The van der Waals surface area contributed by atoms with Gasteiger partial charge in [-0.3, -0.25) is 25.0 Å². The minimum absolute atomic E-state index is 0.0579. The van der Waals surface area contributed by atoms with Gasteiger partial charge in [0.1, 0.15) is 34.4 Å². The molecule has 0 amide bonds. The molecule has 10 nitrogen and oxygen atoms in total. The maximum atomic E-state index is 13.0. The molecule has 0 unspecified atom stereocenters. The predicted molar refractivity (Wildman–Crippen MR) is 104 cm³/mol. The smallest absolute Gasteiger partial charge is 0.277 e. The van der Waals surface area contributed by atoms with Gasteiger partial charge < -0.3 is 14.6 Å². The molecular formula is C20H13FN2O8. The van der Waals surface area contributed by atoms with Crippen LogP contribution in [0.2, 0.25) is 0 Å². The second-order valence-corrected chi connectivity index (χ2v) is 6.16. The highest BCUT2D eigenvalue weighted by Gasteiger charge is 2.25. The molecule has 0 fully saturated rings. The molecule has 11 heteroatoms. The summed E-state index contributed by atoms with van der Waals surface area (Å²) in [5.74, 6) is -1.83. The van der Waals surface area contributed by atoms with Gasteiger partial charge in [0.05, 0.1) is 23.0 Å². The molecule has 0 aliphatic heterocycles. The minimum atomic E-state index is -0.936. The van der Waals surface area contributed by atoms with Gasteiger partial charge in [0.25, 0.3) is 11.4 Å². The van der Waals surface area contributed by atoms with Gasteiger partial charge in [0.15, 0.2) is 0 Å². The van der Waals surface area contributed by atoms with Gasteiger partial charge in [-0.15, -0.1) is 0 Å². The fourth-order valence-electron chi connectivity index (χ4n) is 2.74. The van der Waals surface area contributed by atoms with Crippen LogP contribution >= 0.6 is 0 Å². The summed E-state index contributed by atoms with van der Waals surface area (Å²) in [6.45, 7) is 0. The number of phenolic OH excluding ortho intramolecular Hbond substituents is 1. The number of halogens is 1. The van der Waals surface area contributed by atoms with E-state index < -0.39 is 38.6 Å². The summed E-state index contributed by atoms with van der Waals surface area (Å²) in [7, 11) is 1.21. The highest BCUT2D eigenvalue weighted by Crippen LogP contribution is 2.37. The zero-order valence-electron chi connectivity index (χ0n) is 15.8. The van der Waals surface area contributed by atoms with Crippen molar-refractivity contribution in [1.82, 2.24) is 0 Å². The SMILES string of the molecule is COc1cc(Oc2ccc(F)cc2)cc(O)c1C(=O)c1cc([N+](=O)[O-])cc([N+](=O)[O-])c1. The topological polar surface area (TPSA) is 142 Å². The Morgan fingerprint density at radius 2 is 1.52 bits per heavy atom. The zero-order valence-corrected chi connectivity index (χ0v) is 15.8. The lowest BCUT2D eigenvalue weighted by molar-refractivity contribution is -0.394. The summed E-state index contributed by atoms with van der Waals surface area (Å²) < 4.78 is 23.7. The molecule has 3 aromatic rings. The standard InChI is InChI=1S/C20H13FN2O8/c1-30-18-10-16(31-15-4-2-12(21)3-5-15)9-17(24)19(18)20(25)11-6-13(22(26)27)8-14(7-11)23(28)29/h2-10,24H,1H3. The van der Waals surface area contributed by atoms with Crippen molar-refractivity contribution in [1.29, 1.82) is 0 Å². The Hall–Kier alpha value is -4.54. The molecule has 0 spiro atoms. The van der Waals surface area contributed by atoms with Crippen LogP contribution in [0.3, 0.4) is 0 Å². The summed E-state index contributed by atoms with van der Waals surface area (Å²) >= 11 is 0. The highest BCUT2D eigenvalue weighted by atomic mass is 19.1. The van der Waals surface area contributed by atoms with E-state index in [4.69, 9.17) is 9.47 Å².